The molecule has 0 bridgehead atoms. The van der Waals surface area contributed by atoms with Crippen LogP contribution in [0.2, 0.25) is 0 Å². The molecule has 0 radical (unpaired) electrons. The molecular formula is C31H38FN3O8S2. The summed E-state index contributed by atoms with van der Waals surface area (Å²) >= 11 is 0. The van der Waals surface area contributed by atoms with Gasteiger partial charge in [-0.3, -0.25) is 4.79 Å². The zero-order valence-electron chi connectivity index (χ0n) is 25.0. The minimum Gasteiger partial charge on any atom is -0.491 e. The Hall–Kier alpha value is -2.88. The van der Waals surface area contributed by atoms with E-state index in [9.17, 15) is 31.1 Å². The first kappa shape index (κ1) is 32.1. The van der Waals surface area contributed by atoms with E-state index in [-0.39, 0.29) is 52.7 Å². The zero-order chi connectivity index (χ0) is 32.0. The highest BCUT2D eigenvalue weighted by atomic mass is 32.2. The minimum absolute atomic E-state index is 0.0212. The molecule has 3 aliphatic rings. The van der Waals surface area contributed by atoms with Crippen LogP contribution in [0.3, 0.4) is 0 Å². The fourth-order valence-corrected chi connectivity index (χ4v) is 9.49. The van der Waals surface area contributed by atoms with E-state index in [4.69, 9.17) is 9.47 Å². The van der Waals surface area contributed by atoms with Crippen LogP contribution in [0.1, 0.15) is 39.0 Å². The van der Waals surface area contributed by atoms with Crippen molar-refractivity contribution in [2.24, 2.45) is 0 Å². The van der Waals surface area contributed by atoms with Gasteiger partial charge < -0.3 is 24.5 Å². The molecule has 2 aromatic carbocycles. The van der Waals surface area contributed by atoms with Crippen LogP contribution >= 0.6 is 0 Å². The number of halogens is 1. The van der Waals surface area contributed by atoms with E-state index in [2.05, 4.69) is 5.32 Å². The van der Waals surface area contributed by atoms with Gasteiger partial charge in [-0.15, -0.1) is 0 Å². The van der Waals surface area contributed by atoms with Gasteiger partial charge in [0.2, 0.25) is 15.5 Å². The molecule has 3 fully saturated rings. The van der Waals surface area contributed by atoms with E-state index in [0.717, 1.165) is 6.07 Å². The number of benzene rings is 2. The number of pyridine rings is 1. The summed E-state index contributed by atoms with van der Waals surface area (Å²) in [5.74, 6) is -0.227. The second kappa shape index (κ2) is 12.4. The zero-order valence-corrected chi connectivity index (χ0v) is 26.7. The standard InChI is InChI=1S/C31H38FN3O8S2/c1-2-34-18-29(30(37)27-14-21(32)6-9-28(27)34)45(40,41)35-12-10-31(11-13-35)16-22(19-43-31)33-17-23(36)20-42-24-4-3-5-26(15-24)44(38,39)25-7-8-25/h3-6,9,14-15,18,22-23,25,33,36H,2,7-8,10-13,16-17,19-20H2,1H3. The Balaban J connectivity index is 1.02. The molecule has 2 aliphatic heterocycles. The van der Waals surface area contributed by atoms with Crippen molar-refractivity contribution >= 4 is 30.8 Å². The normalized spacial score (nSPS) is 21.4. The molecule has 6 rings (SSSR count). The fourth-order valence-electron chi connectivity index (χ4n) is 6.25. The highest BCUT2D eigenvalue weighted by Gasteiger charge is 2.45. The number of aryl methyl sites for hydroxylation is 1. The largest absolute Gasteiger partial charge is 0.491 e. The molecule has 2 saturated heterocycles. The number of nitrogens with one attached hydrogen (secondary N) is 1. The Morgan fingerprint density at radius 2 is 1.89 bits per heavy atom. The van der Waals surface area contributed by atoms with Crippen molar-refractivity contribution in [3.05, 3.63) is 64.7 Å². The Morgan fingerprint density at radius 3 is 2.60 bits per heavy atom. The fraction of sp³-hybridized carbons (Fsp3) is 0.516. The van der Waals surface area contributed by atoms with Crippen molar-refractivity contribution in [3.63, 3.8) is 0 Å². The van der Waals surface area contributed by atoms with Crippen molar-refractivity contribution in [1.82, 2.24) is 14.2 Å². The quantitative estimate of drug-likeness (QED) is 0.316. The van der Waals surface area contributed by atoms with Crippen LogP contribution in [0, 0.1) is 5.82 Å². The molecule has 2 unspecified atom stereocenters. The molecule has 1 saturated carbocycles. The van der Waals surface area contributed by atoms with Gasteiger partial charge in [0.1, 0.15) is 29.2 Å². The maximum absolute atomic E-state index is 14.0. The SMILES string of the molecule is CCn1cc(S(=O)(=O)N2CCC3(CC2)CC(NCC(O)COc2cccc(S(=O)(=O)C4CC4)c2)CO3)c(=O)c2cc(F)ccc21. The summed E-state index contributed by atoms with van der Waals surface area (Å²) in [5, 5.41) is 13.5. The summed E-state index contributed by atoms with van der Waals surface area (Å²) in [5.41, 5.74) is -0.757. The summed E-state index contributed by atoms with van der Waals surface area (Å²) in [6.45, 7) is 3.20. The number of sulfonamides is 1. The summed E-state index contributed by atoms with van der Waals surface area (Å²) in [7, 11) is -7.46. The molecule has 3 heterocycles. The number of rotatable bonds is 11. The van der Waals surface area contributed by atoms with Crippen LogP contribution < -0.4 is 15.5 Å². The van der Waals surface area contributed by atoms with Gasteiger partial charge in [-0.2, -0.15) is 4.31 Å². The maximum atomic E-state index is 14.0. The molecule has 244 valence electrons. The van der Waals surface area contributed by atoms with Crippen molar-refractivity contribution in [2.75, 3.05) is 32.8 Å². The van der Waals surface area contributed by atoms with Crippen molar-refractivity contribution in [2.45, 2.75) is 78.4 Å². The number of ether oxygens (including phenoxy) is 2. The minimum atomic E-state index is -4.13. The second-order valence-electron chi connectivity index (χ2n) is 12.2. The predicted octanol–water partition coefficient (Wildman–Crippen LogP) is 2.44. The van der Waals surface area contributed by atoms with Gasteiger partial charge in [-0.1, -0.05) is 6.07 Å². The number of hydrogen-bond acceptors (Lipinski definition) is 9. The van der Waals surface area contributed by atoms with Crippen molar-refractivity contribution < 1.29 is 35.8 Å². The average Bonchev–Trinajstić information content (AvgIpc) is 3.83. The van der Waals surface area contributed by atoms with Crippen molar-refractivity contribution in [3.8, 4) is 5.75 Å². The number of sulfone groups is 1. The van der Waals surface area contributed by atoms with Gasteiger partial charge in [0.05, 0.1) is 27.9 Å². The number of aromatic nitrogens is 1. The second-order valence-corrected chi connectivity index (χ2v) is 16.3. The summed E-state index contributed by atoms with van der Waals surface area (Å²) in [4.78, 5) is 13.1. The van der Waals surface area contributed by atoms with Crippen LogP contribution in [0.25, 0.3) is 10.9 Å². The molecule has 3 aromatic rings. The van der Waals surface area contributed by atoms with Gasteiger partial charge >= 0.3 is 0 Å². The molecule has 45 heavy (non-hydrogen) atoms. The number of hydrogen-bond donors (Lipinski definition) is 2. The Labute approximate surface area is 261 Å². The van der Waals surface area contributed by atoms with Gasteiger partial charge in [-0.05, 0) is 75.4 Å². The van der Waals surface area contributed by atoms with E-state index < -0.39 is 42.8 Å². The van der Waals surface area contributed by atoms with E-state index >= 15 is 0 Å². The van der Waals surface area contributed by atoms with E-state index in [1.807, 2.05) is 6.92 Å². The maximum Gasteiger partial charge on any atom is 0.248 e. The third kappa shape index (κ3) is 6.54. The summed E-state index contributed by atoms with van der Waals surface area (Å²) in [6.07, 6.45) is 3.37. The van der Waals surface area contributed by atoms with E-state index in [1.165, 1.54) is 28.7 Å². The van der Waals surface area contributed by atoms with E-state index in [0.29, 0.717) is 56.5 Å². The summed E-state index contributed by atoms with van der Waals surface area (Å²) in [6, 6.07) is 10.1. The van der Waals surface area contributed by atoms with Crippen LogP contribution in [0.5, 0.6) is 5.75 Å². The third-order valence-corrected chi connectivity index (χ3v) is 13.1. The highest BCUT2D eigenvalue weighted by molar-refractivity contribution is 7.92. The molecular weight excluding hydrogens is 625 g/mol. The average molecular weight is 664 g/mol. The lowest BCUT2D eigenvalue weighted by Gasteiger charge is -2.38. The first-order valence-electron chi connectivity index (χ1n) is 15.3. The van der Waals surface area contributed by atoms with Gasteiger partial charge in [0, 0.05) is 43.8 Å². The Kier molecular flexibility index (Phi) is 8.82. The van der Waals surface area contributed by atoms with Gasteiger partial charge in [0.15, 0.2) is 9.84 Å². The lowest BCUT2D eigenvalue weighted by atomic mass is 9.88. The molecule has 1 aliphatic carbocycles. The molecule has 0 amide bonds. The molecule has 2 N–H and O–H groups in total. The Bertz CT molecular complexity index is 1850. The number of nitrogens with zero attached hydrogens (tertiary/aromatic N) is 2. The lowest BCUT2D eigenvalue weighted by Crippen LogP contribution is -2.47. The molecule has 1 spiro atoms. The van der Waals surface area contributed by atoms with E-state index in [1.54, 1.807) is 22.8 Å². The monoisotopic (exact) mass is 663 g/mol. The molecule has 11 nitrogen and oxygen atoms in total. The number of aliphatic hydroxyl groups excluding tert-OH is 1. The number of piperidine rings is 1. The smallest absolute Gasteiger partial charge is 0.248 e. The van der Waals surface area contributed by atoms with Crippen LogP contribution in [0.15, 0.2) is 63.2 Å². The van der Waals surface area contributed by atoms with Crippen LogP contribution in [-0.4, -0.2) is 86.7 Å². The lowest BCUT2D eigenvalue weighted by molar-refractivity contribution is -0.0312. The molecule has 1 aromatic heterocycles. The van der Waals surface area contributed by atoms with Gasteiger partial charge in [0.25, 0.3) is 0 Å². The molecule has 14 heteroatoms. The van der Waals surface area contributed by atoms with Gasteiger partial charge in [-0.25, -0.2) is 21.2 Å². The van der Waals surface area contributed by atoms with Crippen LogP contribution in [-0.2, 0) is 31.1 Å². The number of fused-ring (bicyclic) bond motifs is 1. The Morgan fingerprint density at radius 1 is 1.13 bits per heavy atom. The number of aliphatic hydroxyl groups is 1. The van der Waals surface area contributed by atoms with Crippen LogP contribution in [0.4, 0.5) is 4.39 Å². The third-order valence-electron chi connectivity index (χ3n) is 8.99. The summed E-state index contributed by atoms with van der Waals surface area (Å²) < 4.78 is 80.9. The highest BCUT2D eigenvalue weighted by Crippen LogP contribution is 2.37. The molecule has 2 atom stereocenters. The predicted molar refractivity (Wildman–Crippen MR) is 165 cm³/mol. The topological polar surface area (TPSA) is 144 Å². The van der Waals surface area contributed by atoms with Crippen molar-refractivity contribution in [1.29, 1.82) is 0 Å². The first-order chi connectivity index (χ1) is 21.4. The first-order valence-corrected chi connectivity index (χ1v) is 18.3.